The van der Waals surface area contributed by atoms with Crippen molar-refractivity contribution in [2.75, 3.05) is 11.6 Å². The standard InChI is InChI=1S/C18H25N3S/c1-3-4-16(18(22-2)11-12-18)21-17(19)13-5-7-14(8-6-13)20-15-9-10-15/h4-8,15,20H,3,9-12H2,1-2H3,(H2,19,21)/b16-4-. The molecule has 0 amide bonds. The Morgan fingerprint density at radius 2 is 2.05 bits per heavy atom. The Balaban J connectivity index is 1.75. The number of rotatable bonds is 7. The minimum atomic E-state index is 0.216. The van der Waals surface area contributed by atoms with Gasteiger partial charge in [0.1, 0.15) is 5.84 Å². The van der Waals surface area contributed by atoms with Crippen molar-refractivity contribution in [3.05, 3.63) is 41.6 Å². The van der Waals surface area contributed by atoms with Crippen LogP contribution in [0.2, 0.25) is 0 Å². The Morgan fingerprint density at radius 3 is 2.55 bits per heavy atom. The Labute approximate surface area is 137 Å². The monoisotopic (exact) mass is 315 g/mol. The maximum atomic E-state index is 6.25. The second kappa shape index (κ2) is 6.37. The molecule has 0 aliphatic heterocycles. The molecule has 0 saturated heterocycles. The number of nitrogens with two attached hydrogens (primary N) is 1. The van der Waals surface area contributed by atoms with Crippen LogP contribution >= 0.6 is 11.8 Å². The van der Waals surface area contributed by atoms with Crippen LogP contribution in [0.5, 0.6) is 0 Å². The summed E-state index contributed by atoms with van der Waals surface area (Å²) in [4.78, 5) is 4.76. The molecule has 0 unspecified atom stereocenters. The molecule has 3 N–H and O–H groups in total. The molecule has 1 aromatic carbocycles. The topological polar surface area (TPSA) is 50.4 Å². The van der Waals surface area contributed by atoms with Gasteiger partial charge in [-0.25, -0.2) is 4.99 Å². The third kappa shape index (κ3) is 3.49. The molecule has 2 aliphatic carbocycles. The normalized spacial score (nSPS) is 20.8. The lowest BCUT2D eigenvalue weighted by Gasteiger charge is -2.14. The highest BCUT2D eigenvalue weighted by atomic mass is 32.2. The van der Waals surface area contributed by atoms with Crippen molar-refractivity contribution < 1.29 is 0 Å². The van der Waals surface area contributed by atoms with Crippen molar-refractivity contribution in [1.29, 1.82) is 0 Å². The quantitative estimate of drug-likeness (QED) is 0.587. The van der Waals surface area contributed by atoms with Gasteiger partial charge >= 0.3 is 0 Å². The van der Waals surface area contributed by atoms with Crippen molar-refractivity contribution >= 4 is 23.3 Å². The second-order valence-electron chi connectivity index (χ2n) is 6.19. The van der Waals surface area contributed by atoms with Crippen LogP contribution in [0.1, 0.15) is 44.6 Å². The number of benzene rings is 1. The van der Waals surface area contributed by atoms with Gasteiger partial charge in [0.15, 0.2) is 0 Å². The summed E-state index contributed by atoms with van der Waals surface area (Å²) in [7, 11) is 0. The lowest BCUT2D eigenvalue weighted by molar-refractivity contribution is 1.01. The van der Waals surface area contributed by atoms with E-state index in [0.717, 1.165) is 17.7 Å². The lowest BCUT2D eigenvalue weighted by atomic mass is 10.1. The molecule has 3 nitrogen and oxygen atoms in total. The van der Waals surface area contributed by atoms with Gasteiger partial charge in [-0.3, -0.25) is 0 Å². The number of hydrogen-bond acceptors (Lipinski definition) is 3. The minimum Gasteiger partial charge on any atom is -0.383 e. The zero-order valence-corrected chi connectivity index (χ0v) is 14.2. The van der Waals surface area contributed by atoms with Crippen LogP contribution in [-0.4, -0.2) is 22.9 Å². The van der Waals surface area contributed by atoms with Gasteiger partial charge in [-0.2, -0.15) is 11.8 Å². The van der Waals surface area contributed by atoms with E-state index in [2.05, 4.69) is 48.8 Å². The Bertz CT molecular complexity index is 581. The predicted octanol–water partition coefficient (Wildman–Crippen LogP) is 4.16. The molecule has 118 valence electrons. The predicted molar refractivity (Wildman–Crippen MR) is 97.7 cm³/mol. The second-order valence-corrected chi connectivity index (χ2v) is 7.38. The molecule has 0 spiro atoms. The maximum absolute atomic E-state index is 6.25. The van der Waals surface area contributed by atoms with Crippen LogP contribution in [0.4, 0.5) is 5.69 Å². The highest BCUT2D eigenvalue weighted by Crippen LogP contribution is 2.53. The number of anilines is 1. The fraction of sp³-hybridized carbons (Fsp3) is 0.500. The van der Waals surface area contributed by atoms with Crippen molar-refractivity contribution in [1.82, 2.24) is 0 Å². The van der Waals surface area contributed by atoms with Crippen LogP contribution in [0.15, 0.2) is 41.0 Å². The summed E-state index contributed by atoms with van der Waals surface area (Å²) in [6.07, 6.45) is 10.4. The molecule has 0 bridgehead atoms. The highest BCUT2D eigenvalue weighted by molar-refractivity contribution is 8.00. The van der Waals surface area contributed by atoms with E-state index in [-0.39, 0.29) is 4.75 Å². The molecule has 4 heteroatoms. The van der Waals surface area contributed by atoms with Crippen molar-refractivity contribution in [3.63, 3.8) is 0 Å². The number of nitrogens with zero attached hydrogens (tertiary/aromatic N) is 1. The van der Waals surface area contributed by atoms with Crippen LogP contribution in [0.3, 0.4) is 0 Å². The van der Waals surface area contributed by atoms with Gasteiger partial charge in [0, 0.05) is 17.3 Å². The molecule has 0 aromatic heterocycles. The van der Waals surface area contributed by atoms with Crippen LogP contribution < -0.4 is 11.1 Å². The molecule has 2 saturated carbocycles. The van der Waals surface area contributed by atoms with E-state index in [9.17, 15) is 0 Å². The Hall–Kier alpha value is -1.42. The van der Waals surface area contributed by atoms with Gasteiger partial charge in [0.05, 0.1) is 10.4 Å². The van der Waals surface area contributed by atoms with E-state index in [4.69, 9.17) is 10.7 Å². The van der Waals surface area contributed by atoms with E-state index < -0.39 is 0 Å². The first kappa shape index (κ1) is 15.5. The molecule has 22 heavy (non-hydrogen) atoms. The molecular weight excluding hydrogens is 290 g/mol. The summed E-state index contributed by atoms with van der Waals surface area (Å²) in [6, 6.07) is 8.99. The fourth-order valence-electron chi connectivity index (χ4n) is 2.60. The van der Waals surface area contributed by atoms with Gasteiger partial charge < -0.3 is 11.1 Å². The SMILES string of the molecule is CC/C=C(\N=C(N)c1ccc(NC2CC2)cc1)C1(SC)CC1. The number of thioether (sulfide) groups is 1. The number of amidine groups is 1. The zero-order chi connectivity index (χ0) is 15.6. The zero-order valence-electron chi connectivity index (χ0n) is 13.4. The first-order valence-electron chi connectivity index (χ1n) is 8.14. The van der Waals surface area contributed by atoms with Crippen LogP contribution in [0, 0.1) is 0 Å². The Kier molecular flexibility index (Phi) is 4.48. The maximum Gasteiger partial charge on any atom is 0.130 e. The van der Waals surface area contributed by atoms with Gasteiger partial charge in [0.25, 0.3) is 0 Å². The largest absolute Gasteiger partial charge is 0.383 e. The first-order chi connectivity index (χ1) is 10.7. The van der Waals surface area contributed by atoms with Crippen molar-refractivity contribution in [2.24, 2.45) is 10.7 Å². The molecule has 1 aromatic rings. The average molecular weight is 315 g/mol. The molecule has 0 atom stereocenters. The van der Waals surface area contributed by atoms with Gasteiger partial charge in [-0.05, 0) is 62.6 Å². The summed E-state index contributed by atoms with van der Waals surface area (Å²) >= 11 is 1.90. The summed E-state index contributed by atoms with van der Waals surface area (Å²) in [5.41, 5.74) is 9.57. The summed E-state index contributed by atoms with van der Waals surface area (Å²) < 4.78 is 0.216. The van der Waals surface area contributed by atoms with Crippen LogP contribution in [0.25, 0.3) is 0 Å². The molecule has 2 aliphatic rings. The number of hydrogen-bond donors (Lipinski definition) is 2. The highest BCUT2D eigenvalue weighted by Gasteiger charge is 2.45. The van der Waals surface area contributed by atoms with Gasteiger partial charge in [0.2, 0.25) is 0 Å². The summed E-state index contributed by atoms with van der Waals surface area (Å²) in [5, 5.41) is 3.49. The van der Waals surface area contributed by atoms with Gasteiger partial charge in [-0.1, -0.05) is 13.0 Å². The number of nitrogens with one attached hydrogen (secondary N) is 1. The third-order valence-electron chi connectivity index (χ3n) is 4.33. The number of aliphatic imine (C=N–C) groups is 1. The van der Waals surface area contributed by atoms with E-state index >= 15 is 0 Å². The van der Waals surface area contributed by atoms with E-state index in [1.807, 2.05) is 11.8 Å². The smallest absolute Gasteiger partial charge is 0.130 e. The van der Waals surface area contributed by atoms with Crippen molar-refractivity contribution in [3.8, 4) is 0 Å². The van der Waals surface area contributed by atoms with Crippen molar-refractivity contribution in [2.45, 2.75) is 49.8 Å². The Morgan fingerprint density at radius 1 is 1.36 bits per heavy atom. The molecule has 0 radical (unpaired) electrons. The lowest BCUT2D eigenvalue weighted by Crippen LogP contribution is -2.16. The van der Waals surface area contributed by atoms with Crippen LogP contribution in [-0.2, 0) is 0 Å². The first-order valence-corrected chi connectivity index (χ1v) is 9.36. The van der Waals surface area contributed by atoms with E-state index in [1.54, 1.807) is 0 Å². The summed E-state index contributed by atoms with van der Waals surface area (Å²) in [5.74, 6) is 0.623. The number of allylic oxidation sites excluding steroid dienone is 1. The van der Waals surface area contributed by atoms with Gasteiger partial charge in [-0.15, -0.1) is 0 Å². The van der Waals surface area contributed by atoms with E-state index in [1.165, 1.54) is 31.4 Å². The molecule has 2 fully saturated rings. The summed E-state index contributed by atoms with van der Waals surface area (Å²) in [6.45, 7) is 2.15. The fourth-order valence-corrected chi connectivity index (χ4v) is 3.45. The third-order valence-corrected chi connectivity index (χ3v) is 5.73. The average Bonchev–Trinajstić information content (AvgIpc) is 3.43. The van der Waals surface area contributed by atoms with E-state index in [0.29, 0.717) is 11.9 Å². The molecule has 3 rings (SSSR count). The molecular formula is C18H25N3S. The minimum absolute atomic E-state index is 0.216. The molecule has 0 heterocycles.